The van der Waals surface area contributed by atoms with Crippen LogP contribution in [-0.2, 0) is 0 Å². The van der Waals surface area contributed by atoms with Crippen molar-refractivity contribution in [1.82, 2.24) is 0 Å². The second-order valence-corrected chi connectivity index (χ2v) is 7.28. The van der Waals surface area contributed by atoms with Gasteiger partial charge in [0.2, 0.25) is 0 Å². The van der Waals surface area contributed by atoms with E-state index in [1.54, 1.807) is 14.2 Å². The number of nitrogens with one attached hydrogen (secondary N) is 1. The predicted octanol–water partition coefficient (Wildman–Crippen LogP) is 5.84. The molecule has 4 rings (SSSR count). The highest BCUT2D eigenvalue weighted by Crippen LogP contribution is 2.52. The van der Waals surface area contributed by atoms with E-state index in [9.17, 15) is 0 Å². The summed E-state index contributed by atoms with van der Waals surface area (Å²) in [5.41, 5.74) is 3.31. The highest BCUT2D eigenvalue weighted by atomic mass is 35.5. The molecular formula is C20H19Cl2NO2. The minimum atomic E-state index is 0.154. The second kappa shape index (κ2) is 6.47. The monoisotopic (exact) mass is 375 g/mol. The maximum atomic E-state index is 6.50. The number of fused-ring (bicyclic) bond motifs is 3. The van der Waals surface area contributed by atoms with Crippen molar-refractivity contribution in [2.45, 2.75) is 18.4 Å². The van der Waals surface area contributed by atoms with Gasteiger partial charge in [-0.3, -0.25) is 0 Å². The van der Waals surface area contributed by atoms with E-state index in [1.807, 2.05) is 24.3 Å². The molecule has 3 atom stereocenters. The van der Waals surface area contributed by atoms with Crippen molar-refractivity contribution in [3.63, 3.8) is 0 Å². The molecule has 1 N–H and O–H groups in total. The SMILES string of the molecule is COc1ccc(C2Nc3cc(Cl)cc(Cl)c3C3C=CCC32)cc1OC. The zero-order valence-electron chi connectivity index (χ0n) is 14.1. The van der Waals surface area contributed by atoms with Crippen LogP contribution in [0.3, 0.4) is 0 Å². The zero-order valence-corrected chi connectivity index (χ0v) is 15.6. The lowest BCUT2D eigenvalue weighted by atomic mass is 9.77. The van der Waals surface area contributed by atoms with E-state index in [0.717, 1.165) is 39.8 Å². The summed E-state index contributed by atoms with van der Waals surface area (Å²) in [4.78, 5) is 0. The number of hydrogen-bond acceptors (Lipinski definition) is 3. The van der Waals surface area contributed by atoms with Crippen LogP contribution in [0.15, 0.2) is 42.5 Å². The van der Waals surface area contributed by atoms with Gasteiger partial charge in [-0.15, -0.1) is 0 Å². The molecule has 0 bridgehead atoms. The van der Waals surface area contributed by atoms with Gasteiger partial charge < -0.3 is 14.8 Å². The lowest BCUT2D eigenvalue weighted by Gasteiger charge is -2.38. The van der Waals surface area contributed by atoms with Crippen molar-refractivity contribution in [2.75, 3.05) is 19.5 Å². The van der Waals surface area contributed by atoms with Crippen molar-refractivity contribution in [1.29, 1.82) is 0 Å². The fourth-order valence-corrected chi connectivity index (χ4v) is 4.64. The van der Waals surface area contributed by atoms with Gasteiger partial charge in [0.1, 0.15) is 0 Å². The molecule has 0 spiro atoms. The zero-order chi connectivity index (χ0) is 17.6. The third-order valence-corrected chi connectivity index (χ3v) is 5.68. The van der Waals surface area contributed by atoms with Gasteiger partial charge >= 0.3 is 0 Å². The molecule has 1 aliphatic carbocycles. The van der Waals surface area contributed by atoms with Gasteiger partial charge in [0, 0.05) is 27.2 Å². The van der Waals surface area contributed by atoms with Crippen LogP contribution in [0, 0.1) is 5.92 Å². The van der Waals surface area contributed by atoms with Crippen LogP contribution < -0.4 is 14.8 Å². The summed E-state index contributed by atoms with van der Waals surface area (Å²) in [6, 6.07) is 10.0. The average Bonchev–Trinajstić information content (AvgIpc) is 3.09. The van der Waals surface area contributed by atoms with Gasteiger partial charge in [-0.05, 0) is 42.2 Å². The molecule has 1 aliphatic heterocycles. The summed E-state index contributed by atoms with van der Waals surface area (Å²) in [6.45, 7) is 0. The Morgan fingerprint density at radius 2 is 1.84 bits per heavy atom. The highest BCUT2D eigenvalue weighted by Gasteiger charge is 2.39. The minimum absolute atomic E-state index is 0.154. The van der Waals surface area contributed by atoms with Crippen LogP contribution in [0.1, 0.15) is 29.5 Å². The van der Waals surface area contributed by atoms with Gasteiger partial charge in [-0.1, -0.05) is 41.4 Å². The van der Waals surface area contributed by atoms with Crippen LogP contribution in [0.25, 0.3) is 0 Å². The molecule has 0 amide bonds. The Labute approximate surface area is 157 Å². The Morgan fingerprint density at radius 3 is 2.60 bits per heavy atom. The Kier molecular flexibility index (Phi) is 4.30. The normalized spacial score (nSPS) is 23.6. The lowest BCUT2D eigenvalue weighted by molar-refractivity contribution is 0.353. The van der Waals surface area contributed by atoms with E-state index in [0.29, 0.717) is 16.9 Å². The maximum absolute atomic E-state index is 6.50. The number of halogens is 2. The maximum Gasteiger partial charge on any atom is 0.161 e. The van der Waals surface area contributed by atoms with Crippen molar-refractivity contribution in [3.8, 4) is 11.5 Å². The molecule has 0 radical (unpaired) electrons. The van der Waals surface area contributed by atoms with E-state index >= 15 is 0 Å². The van der Waals surface area contributed by atoms with Crippen LogP contribution >= 0.6 is 23.2 Å². The lowest BCUT2D eigenvalue weighted by Crippen LogP contribution is -2.29. The summed E-state index contributed by atoms with van der Waals surface area (Å²) in [7, 11) is 3.30. The fourth-order valence-electron chi connectivity index (χ4n) is 4.02. The van der Waals surface area contributed by atoms with Crippen LogP contribution in [0.4, 0.5) is 5.69 Å². The molecule has 2 aliphatic rings. The number of ether oxygens (including phenoxy) is 2. The number of rotatable bonds is 3. The topological polar surface area (TPSA) is 30.5 Å². The number of benzene rings is 2. The fraction of sp³-hybridized carbons (Fsp3) is 0.300. The first kappa shape index (κ1) is 16.6. The van der Waals surface area contributed by atoms with Gasteiger partial charge in [0.25, 0.3) is 0 Å². The third kappa shape index (κ3) is 2.76. The van der Waals surface area contributed by atoms with E-state index in [1.165, 1.54) is 0 Å². The molecule has 0 saturated heterocycles. The number of methoxy groups -OCH3 is 2. The largest absolute Gasteiger partial charge is 0.493 e. The molecule has 2 aromatic carbocycles. The standard InChI is InChI=1S/C20H19Cl2NO2/c1-24-17-7-6-11(8-18(17)25-2)20-14-5-3-4-13(14)19-15(22)9-12(21)10-16(19)23-20/h3-4,6-10,13-14,20,23H,5H2,1-2H3. The Morgan fingerprint density at radius 1 is 1.04 bits per heavy atom. The molecular weight excluding hydrogens is 357 g/mol. The smallest absolute Gasteiger partial charge is 0.161 e. The van der Waals surface area contributed by atoms with E-state index in [4.69, 9.17) is 32.7 Å². The minimum Gasteiger partial charge on any atom is -0.493 e. The van der Waals surface area contributed by atoms with Gasteiger partial charge in [0.05, 0.1) is 20.3 Å². The molecule has 2 aromatic rings. The van der Waals surface area contributed by atoms with Crippen LogP contribution in [-0.4, -0.2) is 14.2 Å². The van der Waals surface area contributed by atoms with E-state index in [2.05, 4.69) is 23.5 Å². The molecule has 0 aromatic heterocycles. The van der Waals surface area contributed by atoms with Gasteiger partial charge in [0.15, 0.2) is 11.5 Å². The van der Waals surface area contributed by atoms with E-state index < -0.39 is 0 Å². The summed E-state index contributed by atoms with van der Waals surface area (Å²) in [5.74, 6) is 2.16. The second-order valence-electron chi connectivity index (χ2n) is 6.44. The third-order valence-electron chi connectivity index (χ3n) is 5.15. The predicted molar refractivity (Wildman–Crippen MR) is 102 cm³/mol. The first-order valence-electron chi connectivity index (χ1n) is 8.26. The average molecular weight is 376 g/mol. The van der Waals surface area contributed by atoms with Gasteiger partial charge in [-0.2, -0.15) is 0 Å². The van der Waals surface area contributed by atoms with Crippen LogP contribution in [0.5, 0.6) is 11.5 Å². The summed E-state index contributed by atoms with van der Waals surface area (Å²) in [6.07, 6.45) is 5.51. The van der Waals surface area contributed by atoms with Crippen molar-refractivity contribution < 1.29 is 9.47 Å². The molecule has 130 valence electrons. The van der Waals surface area contributed by atoms with E-state index in [-0.39, 0.29) is 6.04 Å². The van der Waals surface area contributed by atoms with Crippen molar-refractivity contribution in [3.05, 3.63) is 63.7 Å². The van der Waals surface area contributed by atoms with Crippen LogP contribution in [0.2, 0.25) is 10.0 Å². The molecule has 0 saturated carbocycles. The molecule has 0 fully saturated rings. The Balaban J connectivity index is 1.79. The first-order valence-corrected chi connectivity index (χ1v) is 9.02. The molecule has 3 nitrogen and oxygen atoms in total. The molecule has 1 heterocycles. The highest BCUT2D eigenvalue weighted by molar-refractivity contribution is 6.35. The number of anilines is 1. The molecule has 5 heteroatoms. The first-order chi connectivity index (χ1) is 12.1. The van der Waals surface area contributed by atoms with Gasteiger partial charge in [-0.25, -0.2) is 0 Å². The molecule has 25 heavy (non-hydrogen) atoms. The summed E-state index contributed by atoms with van der Waals surface area (Å²) >= 11 is 12.7. The summed E-state index contributed by atoms with van der Waals surface area (Å²) < 4.78 is 10.8. The van der Waals surface area contributed by atoms with Crippen molar-refractivity contribution in [2.24, 2.45) is 5.92 Å². The quantitative estimate of drug-likeness (QED) is 0.683. The molecule has 3 unspecified atom stereocenters. The number of hydrogen-bond donors (Lipinski definition) is 1. The number of allylic oxidation sites excluding steroid dienone is 2. The summed E-state index contributed by atoms with van der Waals surface area (Å²) in [5, 5.41) is 5.02. The Hall–Kier alpha value is -1.84. The van der Waals surface area contributed by atoms with Crippen molar-refractivity contribution >= 4 is 28.9 Å². The Bertz CT molecular complexity index is 850.